The van der Waals surface area contributed by atoms with Gasteiger partial charge in [0.05, 0.1) is 5.03 Å². The number of halogens is 5. The molecule has 1 aliphatic carbocycles. The van der Waals surface area contributed by atoms with E-state index in [0.29, 0.717) is 0 Å². The van der Waals surface area contributed by atoms with Gasteiger partial charge in [-0.3, -0.25) is 4.79 Å². The Morgan fingerprint density at radius 2 is 1.73 bits per heavy atom. The van der Waals surface area contributed by atoms with Crippen LogP contribution in [0.4, 0.5) is 0 Å². The summed E-state index contributed by atoms with van der Waals surface area (Å²) in [6.45, 7) is 0. The third-order valence-electron chi connectivity index (χ3n) is 1.25. The summed E-state index contributed by atoms with van der Waals surface area (Å²) in [6.07, 6.45) is 0. The number of carbonyl (C=O) groups is 1. The van der Waals surface area contributed by atoms with Crippen LogP contribution in [0.2, 0.25) is 0 Å². The van der Waals surface area contributed by atoms with E-state index in [2.05, 4.69) is 0 Å². The molecule has 0 fully saturated rings. The van der Waals surface area contributed by atoms with Crippen LogP contribution < -0.4 is 0 Å². The van der Waals surface area contributed by atoms with Crippen molar-refractivity contribution in [3.8, 4) is 0 Å². The van der Waals surface area contributed by atoms with Crippen LogP contribution in [0.15, 0.2) is 10.1 Å². The molecule has 0 radical (unpaired) electrons. The van der Waals surface area contributed by atoms with Gasteiger partial charge in [0.15, 0.2) is 10.1 Å². The van der Waals surface area contributed by atoms with Crippen molar-refractivity contribution in [3.05, 3.63) is 10.1 Å². The first-order chi connectivity index (χ1) is 4.89. The van der Waals surface area contributed by atoms with Crippen molar-refractivity contribution in [2.75, 3.05) is 0 Å². The number of alkyl halides is 3. The highest BCUT2D eigenvalue weighted by Gasteiger charge is 2.50. The third-order valence-corrected chi connectivity index (χ3v) is 3.97. The lowest BCUT2D eigenvalue weighted by molar-refractivity contribution is -0.114. The van der Waals surface area contributed by atoms with E-state index in [1.807, 2.05) is 0 Å². The predicted octanol–water partition coefficient (Wildman–Crippen LogP) is 3.04. The van der Waals surface area contributed by atoms with Crippen LogP contribution in [-0.4, -0.2) is 15.5 Å². The topological polar surface area (TPSA) is 17.1 Å². The Balaban J connectivity index is 3.16. The minimum absolute atomic E-state index is 0.104. The van der Waals surface area contributed by atoms with E-state index < -0.39 is 15.5 Å². The molecule has 0 aromatic rings. The van der Waals surface area contributed by atoms with Crippen LogP contribution >= 0.6 is 58.0 Å². The number of hydrogen-bond acceptors (Lipinski definition) is 1. The summed E-state index contributed by atoms with van der Waals surface area (Å²) < 4.78 is -1.57. The van der Waals surface area contributed by atoms with E-state index in [0.717, 1.165) is 0 Å². The first-order valence-electron chi connectivity index (χ1n) is 2.51. The van der Waals surface area contributed by atoms with Gasteiger partial charge in [-0.2, -0.15) is 0 Å². The summed E-state index contributed by atoms with van der Waals surface area (Å²) in [5.41, 5.74) is 0. The quantitative estimate of drug-likeness (QED) is 0.607. The Kier molecular flexibility index (Phi) is 2.68. The number of rotatable bonds is 0. The van der Waals surface area contributed by atoms with Gasteiger partial charge in [0.2, 0.25) is 0 Å². The van der Waals surface area contributed by atoms with Crippen molar-refractivity contribution in [1.82, 2.24) is 0 Å². The van der Waals surface area contributed by atoms with Crippen molar-refractivity contribution in [2.45, 2.75) is 9.71 Å². The number of carbonyl (C=O) groups excluding carboxylic acids is 1. The lowest BCUT2D eigenvalue weighted by atomic mass is 10.3. The Morgan fingerprint density at radius 1 is 1.27 bits per heavy atom. The molecule has 1 aliphatic rings. The number of ketones is 1. The monoisotopic (exact) mass is 252 g/mol. The van der Waals surface area contributed by atoms with Crippen LogP contribution in [0.25, 0.3) is 0 Å². The fraction of sp³-hybridized carbons (Fsp3) is 0.400. The molecule has 0 amide bonds. The van der Waals surface area contributed by atoms with E-state index in [-0.39, 0.29) is 10.1 Å². The van der Waals surface area contributed by atoms with Gasteiger partial charge in [-0.25, -0.2) is 0 Å². The molecule has 0 heterocycles. The van der Waals surface area contributed by atoms with Gasteiger partial charge in [0.1, 0.15) is 10.4 Å². The molecule has 0 unspecified atom stereocenters. The first-order valence-corrected chi connectivity index (χ1v) is 4.45. The third kappa shape index (κ3) is 1.38. The first kappa shape index (κ1) is 9.94. The Hall–Kier alpha value is 0.860. The second-order valence-corrected chi connectivity index (χ2v) is 4.56. The summed E-state index contributed by atoms with van der Waals surface area (Å²) >= 11 is 27.7. The number of Topliss-reactive ketones (excluding diaryl/α,β-unsaturated/α-hetero) is 1. The second-order valence-electron chi connectivity index (χ2n) is 1.98. The van der Waals surface area contributed by atoms with Gasteiger partial charge in [-0.05, 0) is 0 Å². The van der Waals surface area contributed by atoms with Crippen molar-refractivity contribution in [2.24, 2.45) is 0 Å². The molecule has 0 aliphatic heterocycles. The number of allylic oxidation sites excluding steroid dienone is 2. The highest BCUT2D eigenvalue weighted by atomic mass is 35.5. The van der Waals surface area contributed by atoms with Crippen molar-refractivity contribution in [3.63, 3.8) is 0 Å². The Morgan fingerprint density at radius 3 is 1.82 bits per heavy atom. The average molecular weight is 254 g/mol. The lowest BCUT2D eigenvalue weighted by Crippen LogP contribution is -2.26. The maximum Gasteiger partial charge on any atom is 0.196 e. The van der Waals surface area contributed by atoms with Crippen LogP contribution in [0.3, 0.4) is 0 Å². The van der Waals surface area contributed by atoms with Crippen molar-refractivity contribution < 1.29 is 4.79 Å². The molecular weight excluding hydrogens is 253 g/mol. The summed E-state index contributed by atoms with van der Waals surface area (Å²) in [5.74, 6) is -0.539. The van der Waals surface area contributed by atoms with Crippen LogP contribution in [0.1, 0.15) is 0 Å². The molecule has 0 bridgehead atoms. The van der Waals surface area contributed by atoms with Gasteiger partial charge in [-0.1, -0.05) is 46.4 Å². The molecule has 1 atom stereocenters. The molecule has 1 rings (SSSR count). The molecule has 0 spiro atoms. The highest BCUT2D eigenvalue weighted by Crippen LogP contribution is 2.48. The fourth-order valence-electron chi connectivity index (χ4n) is 0.642. The smallest absolute Gasteiger partial charge is 0.196 e. The van der Waals surface area contributed by atoms with Crippen molar-refractivity contribution in [1.29, 1.82) is 0 Å². The molecule has 0 N–H and O–H groups in total. The second kappa shape index (κ2) is 2.97. The SMILES string of the molecule is O=C1C(Cl)=C(Cl)C(Cl)(Cl)[C@@H]1Cl. The van der Waals surface area contributed by atoms with Gasteiger partial charge in [0.25, 0.3) is 0 Å². The van der Waals surface area contributed by atoms with Gasteiger partial charge in [0, 0.05) is 0 Å². The molecule has 0 saturated heterocycles. The minimum Gasteiger partial charge on any atom is -0.291 e. The van der Waals surface area contributed by atoms with Gasteiger partial charge < -0.3 is 0 Å². The van der Waals surface area contributed by atoms with E-state index in [4.69, 9.17) is 58.0 Å². The summed E-state index contributed by atoms with van der Waals surface area (Å²) in [7, 11) is 0. The molecule has 11 heavy (non-hydrogen) atoms. The summed E-state index contributed by atoms with van der Waals surface area (Å²) in [6, 6.07) is 0. The molecule has 0 saturated carbocycles. The Labute approximate surface area is 88.2 Å². The van der Waals surface area contributed by atoms with Gasteiger partial charge >= 0.3 is 0 Å². The summed E-state index contributed by atoms with van der Waals surface area (Å²) in [4.78, 5) is 11.0. The molecule has 0 aromatic heterocycles. The summed E-state index contributed by atoms with van der Waals surface area (Å²) in [5, 5.41) is -1.38. The van der Waals surface area contributed by atoms with Crippen molar-refractivity contribution >= 4 is 63.8 Å². The molecule has 1 nitrogen and oxygen atoms in total. The minimum atomic E-state index is -1.57. The molecular formula is C5HCl5O. The standard InChI is InChI=1S/C5HCl5O/c6-1-2(11)4(8)5(9,10)3(1)7/h4H/t4-/m1/s1. The zero-order valence-electron chi connectivity index (χ0n) is 4.88. The van der Waals surface area contributed by atoms with Crippen LogP contribution in [0, 0.1) is 0 Å². The van der Waals surface area contributed by atoms with E-state index in [1.54, 1.807) is 0 Å². The maximum atomic E-state index is 11.0. The number of hydrogen-bond donors (Lipinski definition) is 0. The predicted molar refractivity (Wildman–Crippen MR) is 47.8 cm³/mol. The lowest BCUT2D eigenvalue weighted by Gasteiger charge is -2.14. The largest absolute Gasteiger partial charge is 0.291 e. The molecule has 0 aromatic carbocycles. The van der Waals surface area contributed by atoms with E-state index in [1.165, 1.54) is 0 Å². The normalized spacial score (nSPS) is 29.9. The Bertz CT molecular complexity index is 243. The average Bonchev–Trinajstić information content (AvgIpc) is 2.06. The van der Waals surface area contributed by atoms with Gasteiger partial charge in [-0.15, -0.1) is 11.6 Å². The van der Waals surface area contributed by atoms with E-state index >= 15 is 0 Å². The zero-order chi connectivity index (χ0) is 8.81. The van der Waals surface area contributed by atoms with E-state index in [9.17, 15) is 4.79 Å². The molecule has 6 heteroatoms. The van der Waals surface area contributed by atoms with Crippen LogP contribution in [0.5, 0.6) is 0 Å². The fourth-order valence-corrected chi connectivity index (χ4v) is 1.92. The highest BCUT2D eigenvalue weighted by molar-refractivity contribution is 6.68. The van der Waals surface area contributed by atoms with Crippen LogP contribution in [-0.2, 0) is 4.79 Å². The molecule has 62 valence electrons. The zero-order valence-corrected chi connectivity index (χ0v) is 8.66. The maximum absolute atomic E-state index is 11.0.